The van der Waals surface area contributed by atoms with Crippen LogP contribution in [0.2, 0.25) is 0 Å². The van der Waals surface area contributed by atoms with Gasteiger partial charge in [0, 0.05) is 17.8 Å². The Morgan fingerprint density at radius 2 is 2.05 bits per heavy atom. The van der Waals surface area contributed by atoms with E-state index in [9.17, 15) is 8.78 Å². The minimum atomic E-state index is -0.773. The first-order valence-electron chi connectivity index (χ1n) is 5.47. The predicted molar refractivity (Wildman–Crippen MR) is 65.3 cm³/mol. The zero-order valence-corrected chi connectivity index (χ0v) is 10.2. The summed E-state index contributed by atoms with van der Waals surface area (Å²) in [5.74, 6) is 4.54. The molecule has 100 valence electrons. The van der Waals surface area contributed by atoms with Crippen LogP contribution in [0.4, 0.5) is 14.6 Å². The van der Waals surface area contributed by atoms with Crippen molar-refractivity contribution in [3.63, 3.8) is 0 Å². The highest BCUT2D eigenvalue weighted by atomic mass is 19.1. The molecule has 1 aromatic carbocycles. The minimum Gasteiger partial charge on any atom is -0.483 e. The second-order valence-electron chi connectivity index (χ2n) is 3.82. The third-order valence-electron chi connectivity index (χ3n) is 2.30. The molecule has 0 aliphatic rings. The largest absolute Gasteiger partial charge is 0.483 e. The van der Waals surface area contributed by atoms with Gasteiger partial charge in [0.05, 0.1) is 0 Å². The molecule has 2 rings (SSSR count). The molecule has 19 heavy (non-hydrogen) atoms. The van der Waals surface area contributed by atoms with Gasteiger partial charge in [0.25, 0.3) is 0 Å². The average Bonchev–Trinajstić information content (AvgIpc) is 2.37. The molecule has 0 bridgehead atoms. The molecule has 1 aromatic heterocycles. The van der Waals surface area contributed by atoms with Crippen molar-refractivity contribution in [1.82, 2.24) is 9.97 Å². The van der Waals surface area contributed by atoms with Crippen LogP contribution in [0.3, 0.4) is 0 Å². The Hall–Kier alpha value is -2.28. The summed E-state index contributed by atoms with van der Waals surface area (Å²) in [5.41, 5.74) is 3.09. The van der Waals surface area contributed by atoms with Crippen LogP contribution in [-0.2, 0) is 6.61 Å². The van der Waals surface area contributed by atoms with E-state index in [0.717, 1.165) is 12.1 Å². The molecule has 7 heteroatoms. The van der Waals surface area contributed by atoms with Crippen molar-refractivity contribution < 1.29 is 13.5 Å². The van der Waals surface area contributed by atoms with Crippen LogP contribution in [0.1, 0.15) is 11.5 Å². The summed E-state index contributed by atoms with van der Waals surface area (Å²) >= 11 is 0. The number of nitrogens with zero attached hydrogens (tertiary/aromatic N) is 2. The molecule has 0 unspecified atom stereocenters. The van der Waals surface area contributed by atoms with Crippen LogP contribution in [0, 0.1) is 18.6 Å². The number of ether oxygens (including phenoxy) is 1. The summed E-state index contributed by atoms with van der Waals surface area (Å²) in [4.78, 5) is 8.16. The van der Waals surface area contributed by atoms with Gasteiger partial charge in [-0.25, -0.2) is 24.6 Å². The number of hydrogen-bond acceptors (Lipinski definition) is 5. The normalized spacial score (nSPS) is 10.3. The van der Waals surface area contributed by atoms with Crippen molar-refractivity contribution in [3.05, 3.63) is 47.4 Å². The van der Waals surface area contributed by atoms with E-state index in [1.807, 2.05) is 0 Å². The minimum absolute atomic E-state index is 0.0427. The third-order valence-corrected chi connectivity index (χ3v) is 2.30. The number of nitrogens with two attached hydrogens (primary N) is 1. The number of aromatic nitrogens is 2. The SMILES string of the molecule is Cc1cc(NN)nc(COc2ccc(F)cc2F)n1. The molecule has 0 atom stereocenters. The second kappa shape index (κ2) is 5.57. The van der Waals surface area contributed by atoms with Gasteiger partial charge in [-0.2, -0.15) is 0 Å². The highest BCUT2D eigenvalue weighted by Crippen LogP contribution is 2.18. The average molecular weight is 266 g/mol. The van der Waals surface area contributed by atoms with E-state index in [-0.39, 0.29) is 12.4 Å². The van der Waals surface area contributed by atoms with Gasteiger partial charge in [-0.3, -0.25) is 0 Å². The Morgan fingerprint density at radius 3 is 2.74 bits per heavy atom. The van der Waals surface area contributed by atoms with Crippen molar-refractivity contribution in [2.24, 2.45) is 5.84 Å². The summed E-state index contributed by atoms with van der Waals surface area (Å²) in [6.45, 7) is 1.73. The molecule has 3 N–H and O–H groups in total. The van der Waals surface area contributed by atoms with Crippen LogP contribution in [0.15, 0.2) is 24.3 Å². The van der Waals surface area contributed by atoms with Crippen molar-refractivity contribution in [2.45, 2.75) is 13.5 Å². The maximum Gasteiger partial charge on any atom is 0.168 e. The van der Waals surface area contributed by atoms with Gasteiger partial charge in [0.2, 0.25) is 0 Å². The van der Waals surface area contributed by atoms with Crippen molar-refractivity contribution >= 4 is 5.82 Å². The topological polar surface area (TPSA) is 73.1 Å². The first kappa shape index (κ1) is 13.2. The molecule has 5 nitrogen and oxygen atoms in total. The van der Waals surface area contributed by atoms with Crippen LogP contribution in [-0.4, -0.2) is 9.97 Å². The zero-order chi connectivity index (χ0) is 13.8. The van der Waals surface area contributed by atoms with Gasteiger partial charge < -0.3 is 10.2 Å². The highest BCUT2D eigenvalue weighted by Gasteiger charge is 2.07. The Kier molecular flexibility index (Phi) is 3.86. The van der Waals surface area contributed by atoms with E-state index < -0.39 is 11.6 Å². The van der Waals surface area contributed by atoms with Crippen molar-refractivity contribution in [1.29, 1.82) is 0 Å². The predicted octanol–water partition coefficient (Wildman–Crippen LogP) is 1.93. The quantitative estimate of drug-likeness (QED) is 0.653. The lowest BCUT2D eigenvalue weighted by atomic mass is 10.3. The number of rotatable bonds is 4. The van der Waals surface area contributed by atoms with Crippen LogP contribution >= 0.6 is 0 Å². The summed E-state index contributed by atoms with van der Waals surface area (Å²) in [6, 6.07) is 4.73. The standard InChI is InChI=1S/C12H12F2N4O/c1-7-4-11(18-15)17-12(16-7)6-19-10-3-2-8(13)5-9(10)14/h2-5H,6,15H2,1H3,(H,16,17,18). The van der Waals surface area contributed by atoms with E-state index in [2.05, 4.69) is 15.4 Å². The first-order valence-corrected chi connectivity index (χ1v) is 5.47. The Balaban J connectivity index is 2.12. The molecular weight excluding hydrogens is 254 g/mol. The van der Waals surface area contributed by atoms with E-state index in [1.54, 1.807) is 13.0 Å². The van der Waals surface area contributed by atoms with Crippen LogP contribution in [0.5, 0.6) is 5.75 Å². The first-order chi connectivity index (χ1) is 9.08. The maximum atomic E-state index is 13.3. The molecule has 1 heterocycles. The van der Waals surface area contributed by atoms with Crippen LogP contribution < -0.4 is 16.0 Å². The van der Waals surface area contributed by atoms with E-state index >= 15 is 0 Å². The molecule has 0 saturated carbocycles. The van der Waals surface area contributed by atoms with E-state index in [0.29, 0.717) is 17.3 Å². The Morgan fingerprint density at radius 1 is 1.26 bits per heavy atom. The summed E-state index contributed by atoms with van der Waals surface area (Å²) < 4.78 is 31.3. The highest BCUT2D eigenvalue weighted by molar-refractivity contribution is 5.34. The number of halogens is 2. The second-order valence-corrected chi connectivity index (χ2v) is 3.82. The number of benzene rings is 1. The summed E-state index contributed by atoms with van der Waals surface area (Å²) in [5, 5.41) is 0. The number of aryl methyl sites for hydroxylation is 1. The fraction of sp³-hybridized carbons (Fsp3) is 0.167. The maximum absolute atomic E-state index is 13.3. The Labute approximate surface area is 108 Å². The molecule has 0 aliphatic carbocycles. The Bertz CT molecular complexity index is 592. The number of nitrogens with one attached hydrogen (secondary N) is 1. The molecule has 0 aliphatic heterocycles. The molecule has 0 spiro atoms. The fourth-order valence-corrected chi connectivity index (χ4v) is 1.50. The number of hydrazine groups is 1. The van der Waals surface area contributed by atoms with Crippen LogP contribution in [0.25, 0.3) is 0 Å². The van der Waals surface area contributed by atoms with Gasteiger partial charge in [-0.15, -0.1) is 0 Å². The van der Waals surface area contributed by atoms with Gasteiger partial charge in [0.15, 0.2) is 17.4 Å². The van der Waals surface area contributed by atoms with E-state index in [4.69, 9.17) is 10.6 Å². The van der Waals surface area contributed by atoms with Gasteiger partial charge >= 0.3 is 0 Å². The number of nitrogen functional groups attached to an aromatic ring is 1. The fourth-order valence-electron chi connectivity index (χ4n) is 1.50. The number of anilines is 1. The van der Waals surface area contributed by atoms with Crippen molar-refractivity contribution in [3.8, 4) is 5.75 Å². The molecule has 2 aromatic rings. The third kappa shape index (κ3) is 3.35. The lowest BCUT2D eigenvalue weighted by Crippen LogP contribution is -2.12. The lowest BCUT2D eigenvalue weighted by molar-refractivity contribution is 0.280. The number of hydrogen-bond donors (Lipinski definition) is 2. The monoisotopic (exact) mass is 266 g/mol. The molecule has 0 radical (unpaired) electrons. The molecule has 0 fully saturated rings. The molecular formula is C12H12F2N4O. The van der Waals surface area contributed by atoms with Gasteiger partial charge in [-0.05, 0) is 19.1 Å². The van der Waals surface area contributed by atoms with Gasteiger partial charge in [-0.1, -0.05) is 0 Å². The van der Waals surface area contributed by atoms with Crippen molar-refractivity contribution in [2.75, 3.05) is 5.43 Å². The smallest absolute Gasteiger partial charge is 0.168 e. The van der Waals surface area contributed by atoms with Gasteiger partial charge in [0.1, 0.15) is 18.2 Å². The zero-order valence-electron chi connectivity index (χ0n) is 10.2. The molecule has 0 amide bonds. The van der Waals surface area contributed by atoms with E-state index in [1.165, 1.54) is 6.07 Å². The summed E-state index contributed by atoms with van der Waals surface area (Å²) in [6.07, 6.45) is 0. The lowest BCUT2D eigenvalue weighted by Gasteiger charge is -2.08. The summed E-state index contributed by atoms with van der Waals surface area (Å²) in [7, 11) is 0. The molecule has 0 saturated heterocycles.